The summed E-state index contributed by atoms with van der Waals surface area (Å²) in [6.45, 7) is 1.98. The van der Waals surface area contributed by atoms with Crippen LogP contribution in [0.15, 0.2) is 18.2 Å². The van der Waals surface area contributed by atoms with Crippen molar-refractivity contribution < 1.29 is 23.8 Å². The van der Waals surface area contributed by atoms with Gasteiger partial charge in [0.05, 0.1) is 21.3 Å². The molecule has 1 atom stereocenters. The average Bonchev–Trinajstić information content (AvgIpc) is 2.53. The molecule has 1 aromatic carbocycles. The van der Waals surface area contributed by atoms with Crippen molar-refractivity contribution in [2.75, 3.05) is 27.9 Å². The van der Waals surface area contributed by atoms with Gasteiger partial charge in [-0.15, -0.1) is 0 Å². The highest BCUT2D eigenvalue weighted by molar-refractivity contribution is 5.83. The van der Waals surface area contributed by atoms with E-state index in [0.29, 0.717) is 24.5 Å². The topological polar surface area (TPSA) is 85.9 Å². The number of benzene rings is 1. The molecule has 1 aromatic rings. The molecule has 7 nitrogen and oxygen atoms in total. The maximum atomic E-state index is 11.6. The van der Waals surface area contributed by atoms with Crippen LogP contribution in [0.2, 0.25) is 0 Å². The molecule has 2 amide bonds. The fraction of sp³-hybridized carbons (Fsp3) is 0.467. The SMILES string of the molecule is COC(=O)[C@H](C)NC(=O)NCCc1ccc(OC)c(OC)c1. The number of rotatable bonds is 7. The summed E-state index contributed by atoms with van der Waals surface area (Å²) in [5, 5.41) is 5.17. The van der Waals surface area contributed by atoms with E-state index < -0.39 is 18.0 Å². The zero-order valence-corrected chi connectivity index (χ0v) is 13.3. The van der Waals surface area contributed by atoms with E-state index in [0.717, 1.165) is 5.56 Å². The number of hydrogen-bond donors (Lipinski definition) is 2. The van der Waals surface area contributed by atoms with Crippen molar-refractivity contribution in [1.29, 1.82) is 0 Å². The molecular weight excluding hydrogens is 288 g/mol. The minimum absolute atomic E-state index is 0.418. The van der Waals surface area contributed by atoms with E-state index in [1.165, 1.54) is 7.11 Å². The Balaban J connectivity index is 2.44. The summed E-state index contributed by atoms with van der Waals surface area (Å²) in [4.78, 5) is 22.8. The largest absolute Gasteiger partial charge is 0.493 e. The first-order valence-corrected chi connectivity index (χ1v) is 6.85. The molecule has 0 spiro atoms. The number of ether oxygens (including phenoxy) is 3. The Morgan fingerprint density at radius 3 is 2.41 bits per heavy atom. The van der Waals surface area contributed by atoms with E-state index in [9.17, 15) is 9.59 Å². The van der Waals surface area contributed by atoms with E-state index in [1.54, 1.807) is 21.1 Å². The van der Waals surface area contributed by atoms with Crippen LogP contribution < -0.4 is 20.1 Å². The van der Waals surface area contributed by atoms with Gasteiger partial charge < -0.3 is 24.8 Å². The van der Waals surface area contributed by atoms with Crippen LogP contribution in [-0.4, -0.2) is 45.9 Å². The second kappa shape index (κ2) is 8.76. The molecule has 22 heavy (non-hydrogen) atoms. The lowest BCUT2D eigenvalue weighted by atomic mass is 10.1. The molecule has 0 fully saturated rings. The van der Waals surface area contributed by atoms with E-state index in [4.69, 9.17) is 9.47 Å². The maximum Gasteiger partial charge on any atom is 0.328 e. The molecule has 2 N–H and O–H groups in total. The molecule has 0 aliphatic carbocycles. The van der Waals surface area contributed by atoms with Gasteiger partial charge in [-0.05, 0) is 31.0 Å². The highest BCUT2D eigenvalue weighted by Gasteiger charge is 2.15. The van der Waals surface area contributed by atoms with Gasteiger partial charge in [-0.2, -0.15) is 0 Å². The van der Waals surface area contributed by atoms with E-state index >= 15 is 0 Å². The third kappa shape index (κ3) is 5.16. The first-order valence-electron chi connectivity index (χ1n) is 6.85. The van der Waals surface area contributed by atoms with Gasteiger partial charge >= 0.3 is 12.0 Å². The van der Waals surface area contributed by atoms with Crippen molar-refractivity contribution in [3.63, 3.8) is 0 Å². The molecule has 7 heteroatoms. The van der Waals surface area contributed by atoms with Gasteiger partial charge in [0.2, 0.25) is 0 Å². The molecule has 0 aliphatic rings. The zero-order valence-electron chi connectivity index (χ0n) is 13.3. The Morgan fingerprint density at radius 1 is 1.14 bits per heavy atom. The number of hydrogen-bond acceptors (Lipinski definition) is 5. The molecule has 0 unspecified atom stereocenters. The summed E-state index contributed by atoms with van der Waals surface area (Å²) in [6, 6.07) is 4.46. The highest BCUT2D eigenvalue weighted by atomic mass is 16.5. The lowest BCUT2D eigenvalue weighted by molar-refractivity contribution is -0.142. The molecule has 0 saturated heterocycles. The molecular formula is C15H22N2O5. The van der Waals surface area contributed by atoms with Gasteiger partial charge in [0.1, 0.15) is 6.04 Å². The first-order chi connectivity index (χ1) is 10.5. The third-order valence-corrected chi connectivity index (χ3v) is 3.05. The normalized spacial score (nSPS) is 11.3. The third-order valence-electron chi connectivity index (χ3n) is 3.05. The van der Waals surface area contributed by atoms with Gasteiger partial charge in [-0.25, -0.2) is 9.59 Å². The predicted molar refractivity (Wildman–Crippen MR) is 81.3 cm³/mol. The van der Waals surface area contributed by atoms with Crippen molar-refractivity contribution >= 4 is 12.0 Å². The van der Waals surface area contributed by atoms with E-state index in [1.807, 2.05) is 18.2 Å². The lowest BCUT2D eigenvalue weighted by Crippen LogP contribution is -2.45. The molecule has 0 aromatic heterocycles. The van der Waals surface area contributed by atoms with Gasteiger partial charge in [0.15, 0.2) is 11.5 Å². The van der Waals surface area contributed by atoms with Crippen molar-refractivity contribution in [3.8, 4) is 11.5 Å². The second-order valence-corrected chi connectivity index (χ2v) is 4.58. The van der Waals surface area contributed by atoms with Crippen molar-refractivity contribution in [2.45, 2.75) is 19.4 Å². The summed E-state index contributed by atoms with van der Waals surface area (Å²) in [7, 11) is 4.42. The zero-order chi connectivity index (χ0) is 16.5. The quantitative estimate of drug-likeness (QED) is 0.737. The van der Waals surface area contributed by atoms with Gasteiger partial charge in [-0.3, -0.25) is 0 Å². The Morgan fingerprint density at radius 2 is 1.82 bits per heavy atom. The minimum Gasteiger partial charge on any atom is -0.493 e. The van der Waals surface area contributed by atoms with Crippen molar-refractivity contribution in [2.24, 2.45) is 0 Å². The first kappa shape index (κ1) is 17.6. The Bertz CT molecular complexity index is 519. The number of nitrogens with one attached hydrogen (secondary N) is 2. The number of carbonyl (C=O) groups is 2. The van der Waals surface area contributed by atoms with Crippen molar-refractivity contribution in [1.82, 2.24) is 10.6 Å². The van der Waals surface area contributed by atoms with E-state index in [2.05, 4.69) is 15.4 Å². The van der Waals surface area contributed by atoms with Crippen LogP contribution in [0.25, 0.3) is 0 Å². The molecule has 0 saturated carbocycles. The average molecular weight is 310 g/mol. The minimum atomic E-state index is -0.689. The molecule has 122 valence electrons. The lowest BCUT2D eigenvalue weighted by Gasteiger charge is -2.13. The van der Waals surface area contributed by atoms with Crippen molar-refractivity contribution in [3.05, 3.63) is 23.8 Å². The molecule has 0 aliphatic heterocycles. The molecule has 0 bridgehead atoms. The Kier molecular flexibility index (Phi) is 7.01. The fourth-order valence-corrected chi connectivity index (χ4v) is 1.84. The maximum absolute atomic E-state index is 11.6. The highest BCUT2D eigenvalue weighted by Crippen LogP contribution is 2.27. The molecule has 0 heterocycles. The van der Waals surface area contributed by atoms with Crippen LogP contribution in [0.1, 0.15) is 12.5 Å². The summed E-state index contributed by atoms with van der Waals surface area (Å²) in [5.41, 5.74) is 0.999. The van der Waals surface area contributed by atoms with Gasteiger partial charge in [-0.1, -0.05) is 6.07 Å². The monoisotopic (exact) mass is 310 g/mol. The van der Waals surface area contributed by atoms with Crippen LogP contribution in [0, 0.1) is 0 Å². The van der Waals surface area contributed by atoms with Crippen LogP contribution in [0.3, 0.4) is 0 Å². The number of esters is 1. The van der Waals surface area contributed by atoms with Crippen LogP contribution in [0.4, 0.5) is 4.79 Å². The van der Waals surface area contributed by atoms with Gasteiger partial charge in [0.25, 0.3) is 0 Å². The van der Waals surface area contributed by atoms with Gasteiger partial charge in [0, 0.05) is 6.54 Å². The summed E-state index contributed by atoms with van der Waals surface area (Å²) >= 11 is 0. The van der Waals surface area contributed by atoms with Crippen LogP contribution >= 0.6 is 0 Å². The fourth-order valence-electron chi connectivity index (χ4n) is 1.84. The predicted octanol–water partition coefficient (Wildman–Crippen LogP) is 1.11. The Labute approximate surface area is 129 Å². The summed E-state index contributed by atoms with van der Waals surface area (Å²) in [5.74, 6) is 0.808. The molecule has 1 rings (SSSR count). The Hall–Kier alpha value is -2.44. The summed E-state index contributed by atoms with van der Waals surface area (Å²) in [6.07, 6.45) is 0.625. The number of carbonyl (C=O) groups excluding carboxylic acids is 2. The van der Waals surface area contributed by atoms with E-state index in [-0.39, 0.29) is 0 Å². The number of methoxy groups -OCH3 is 3. The number of amides is 2. The smallest absolute Gasteiger partial charge is 0.328 e. The number of urea groups is 1. The molecule has 0 radical (unpaired) electrons. The summed E-state index contributed by atoms with van der Waals surface area (Å²) < 4.78 is 14.9. The van der Waals surface area contributed by atoms with Crippen LogP contribution in [0.5, 0.6) is 11.5 Å². The van der Waals surface area contributed by atoms with Crippen LogP contribution in [-0.2, 0) is 16.0 Å². The standard InChI is InChI=1S/C15H22N2O5/c1-10(14(18)22-4)17-15(19)16-8-7-11-5-6-12(20-2)13(9-11)21-3/h5-6,9-10H,7-8H2,1-4H3,(H2,16,17,19)/t10-/m0/s1. The second-order valence-electron chi connectivity index (χ2n) is 4.58.